The summed E-state index contributed by atoms with van der Waals surface area (Å²) in [5, 5.41) is 16.9. The number of aryl methyl sites for hydroxylation is 1. The molecule has 3 rings (SSSR count). The second-order valence-electron chi connectivity index (χ2n) is 5.15. The number of tetrazole rings is 1. The van der Waals surface area contributed by atoms with Crippen molar-refractivity contribution >= 4 is 11.9 Å². The molecule has 2 aliphatic rings. The summed E-state index contributed by atoms with van der Waals surface area (Å²) in [6.45, 7) is 2.48. The minimum Gasteiger partial charge on any atom is -0.323 e. The molecule has 0 saturated carbocycles. The highest BCUT2D eigenvalue weighted by molar-refractivity contribution is 6.07. The Kier molecular flexibility index (Phi) is 3.35. The lowest BCUT2D eigenvalue weighted by molar-refractivity contribution is -0.132. The van der Waals surface area contributed by atoms with Crippen molar-refractivity contribution in [1.29, 1.82) is 0 Å². The molecule has 0 aliphatic carbocycles. The van der Waals surface area contributed by atoms with Crippen molar-refractivity contribution in [2.75, 3.05) is 19.6 Å². The predicted octanol–water partition coefficient (Wildman–Crippen LogP) is -1.26. The molecule has 0 aromatic carbocycles. The van der Waals surface area contributed by atoms with E-state index in [1.165, 1.54) is 11.2 Å². The summed E-state index contributed by atoms with van der Waals surface area (Å²) in [4.78, 5) is 25.7. The van der Waals surface area contributed by atoms with Crippen molar-refractivity contribution in [3.8, 4) is 0 Å². The summed E-state index contributed by atoms with van der Waals surface area (Å²) in [6.07, 6.45) is 3.46. The van der Waals surface area contributed by atoms with Gasteiger partial charge in [0.05, 0.1) is 0 Å². The Bertz CT molecular complexity index is 495. The van der Waals surface area contributed by atoms with Crippen LogP contribution in [0.15, 0.2) is 6.33 Å². The van der Waals surface area contributed by atoms with Gasteiger partial charge in [-0.25, -0.2) is 9.48 Å². The van der Waals surface area contributed by atoms with Crippen molar-refractivity contribution in [3.63, 3.8) is 0 Å². The Morgan fingerprint density at radius 1 is 1.25 bits per heavy atom. The maximum absolute atomic E-state index is 12.5. The second-order valence-corrected chi connectivity index (χ2v) is 5.15. The number of carbonyl (C=O) groups is 2. The zero-order valence-electron chi connectivity index (χ0n) is 11.1. The highest BCUT2D eigenvalue weighted by Gasteiger charge is 2.50. The molecule has 2 saturated heterocycles. The third-order valence-corrected chi connectivity index (χ3v) is 3.86. The second kappa shape index (κ2) is 5.16. The van der Waals surface area contributed by atoms with Gasteiger partial charge in [0.15, 0.2) is 0 Å². The van der Waals surface area contributed by atoms with Crippen LogP contribution in [-0.2, 0) is 11.3 Å². The molecule has 2 aliphatic heterocycles. The molecule has 0 unspecified atom stereocenters. The molecule has 3 heterocycles. The molecule has 1 spiro atoms. The van der Waals surface area contributed by atoms with E-state index in [2.05, 4.69) is 26.2 Å². The fraction of sp³-hybridized carbons (Fsp3) is 0.727. The Morgan fingerprint density at radius 3 is 2.75 bits per heavy atom. The summed E-state index contributed by atoms with van der Waals surface area (Å²) >= 11 is 0. The average molecular weight is 279 g/mol. The van der Waals surface area contributed by atoms with Gasteiger partial charge < -0.3 is 10.6 Å². The summed E-state index contributed by atoms with van der Waals surface area (Å²) in [5.74, 6) is -0.0966. The number of aromatic nitrogens is 4. The van der Waals surface area contributed by atoms with Crippen molar-refractivity contribution in [3.05, 3.63) is 6.33 Å². The quantitative estimate of drug-likeness (QED) is 0.666. The molecule has 1 aromatic rings. The van der Waals surface area contributed by atoms with Crippen LogP contribution in [0.3, 0.4) is 0 Å². The van der Waals surface area contributed by atoms with Crippen molar-refractivity contribution in [1.82, 2.24) is 35.7 Å². The van der Waals surface area contributed by atoms with Gasteiger partial charge in [0, 0.05) is 13.1 Å². The Labute approximate surface area is 115 Å². The number of nitrogens with zero attached hydrogens (tertiary/aromatic N) is 5. The van der Waals surface area contributed by atoms with E-state index in [1.807, 2.05) is 0 Å². The van der Waals surface area contributed by atoms with Crippen LogP contribution >= 0.6 is 0 Å². The van der Waals surface area contributed by atoms with E-state index >= 15 is 0 Å². The molecule has 1 aromatic heterocycles. The van der Waals surface area contributed by atoms with E-state index in [0.29, 0.717) is 32.4 Å². The lowest BCUT2D eigenvalue weighted by Gasteiger charge is -2.31. The van der Waals surface area contributed by atoms with Gasteiger partial charge in [-0.1, -0.05) is 0 Å². The molecule has 3 amide bonds. The Morgan fingerprint density at radius 2 is 2.05 bits per heavy atom. The molecule has 2 fully saturated rings. The highest BCUT2D eigenvalue weighted by Crippen LogP contribution is 2.26. The highest BCUT2D eigenvalue weighted by atomic mass is 16.2. The van der Waals surface area contributed by atoms with E-state index in [-0.39, 0.29) is 11.9 Å². The van der Waals surface area contributed by atoms with E-state index in [4.69, 9.17) is 0 Å². The number of carbonyl (C=O) groups excluding carboxylic acids is 2. The van der Waals surface area contributed by atoms with Crippen LogP contribution < -0.4 is 10.6 Å². The smallest absolute Gasteiger partial charge is 0.323 e. The van der Waals surface area contributed by atoms with E-state index < -0.39 is 5.54 Å². The van der Waals surface area contributed by atoms with Crippen LogP contribution in [-0.4, -0.2) is 62.2 Å². The fourth-order valence-corrected chi connectivity index (χ4v) is 2.75. The average Bonchev–Trinajstić information content (AvgIpc) is 3.03. The molecule has 0 radical (unpaired) electrons. The number of hydrogen-bond donors (Lipinski definition) is 2. The van der Waals surface area contributed by atoms with Crippen LogP contribution in [0.5, 0.6) is 0 Å². The zero-order valence-corrected chi connectivity index (χ0v) is 11.1. The number of imide groups is 1. The summed E-state index contributed by atoms with van der Waals surface area (Å²) in [7, 11) is 0. The summed E-state index contributed by atoms with van der Waals surface area (Å²) < 4.78 is 1.58. The molecule has 108 valence electrons. The van der Waals surface area contributed by atoms with E-state index in [1.54, 1.807) is 4.68 Å². The van der Waals surface area contributed by atoms with E-state index in [0.717, 1.165) is 13.1 Å². The summed E-state index contributed by atoms with van der Waals surface area (Å²) in [6, 6.07) is -0.284. The molecular formula is C11H17N7O2. The van der Waals surface area contributed by atoms with Gasteiger partial charge in [0.25, 0.3) is 5.91 Å². The third kappa shape index (κ3) is 2.24. The number of rotatable bonds is 4. The molecular weight excluding hydrogens is 262 g/mol. The van der Waals surface area contributed by atoms with Gasteiger partial charge >= 0.3 is 6.03 Å². The van der Waals surface area contributed by atoms with Crippen molar-refractivity contribution < 1.29 is 9.59 Å². The van der Waals surface area contributed by atoms with Crippen LogP contribution in [0.25, 0.3) is 0 Å². The number of urea groups is 1. The van der Waals surface area contributed by atoms with Gasteiger partial charge in [-0.15, -0.1) is 5.10 Å². The fourth-order valence-electron chi connectivity index (χ4n) is 2.75. The molecule has 0 bridgehead atoms. The van der Waals surface area contributed by atoms with Crippen LogP contribution in [0.1, 0.15) is 19.3 Å². The minimum atomic E-state index is -0.683. The van der Waals surface area contributed by atoms with Gasteiger partial charge in [-0.2, -0.15) is 0 Å². The molecule has 2 N–H and O–H groups in total. The standard InChI is InChI=1S/C11H17N7O2/c19-9-11(2-4-12-5-3-11)14-10(20)18(9)7-1-6-17-8-13-15-16-17/h8,12H,1-7H2,(H,14,20). The van der Waals surface area contributed by atoms with Gasteiger partial charge in [0.1, 0.15) is 11.9 Å². The topological polar surface area (TPSA) is 105 Å². The van der Waals surface area contributed by atoms with E-state index in [9.17, 15) is 9.59 Å². The van der Waals surface area contributed by atoms with Crippen LogP contribution in [0.4, 0.5) is 4.79 Å². The Hall–Kier alpha value is -2.03. The van der Waals surface area contributed by atoms with Gasteiger partial charge in [-0.3, -0.25) is 9.69 Å². The lowest BCUT2D eigenvalue weighted by Crippen LogP contribution is -2.53. The van der Waals surface area contributed by atoms with Crippen molar-refractivity contribution in [2.24, 2.45) is 0 Å². The lowest BCUT2D eigenvalue weighted by atomic mass is 9.88. The van der Waals surface area contributed by atoms with Crippen LogP contribution in [0.2, 0.25) is 0 Å². The number of hydrogen-bond acceptors (Lipinski definition) is 6. The number of nitrogens with one attached hydrogen (secondary N) is 2. The number of piperidine rings is 1. The maximum atomic E-state index is 12.5. The normalized spacial score (nSPS) is 21.5. The first kappa shape index (κ1) is 13.0. The first-order valence-electron chi connectivity index (χ1n) is 6.77. The SMILES string of the molecule is O=C1NC2(CCNCC2)C(=O)N1CCCn1cnnn1. The molecule has 20 heavy (non-hydrogen) atoms. The predicted molar refractivity (Wildman–Crippen MR) is 67.5 cm³/mol. The molecule has 9 nitrogen and oxygen atoms in total. The monoisotopic (exact) mass is 279 g/mol. The maximum Gasteiger partial charge on any atom is 0.325 e. The first-order valence-corrected chi connectivity index (χ1v) is 6.77. The van der Waals surface area contributed by atoms with Gasteiger partial charge in [-0.05, 0) is 42.8 Å². The largest absolute Gasteiger partial charge is 0.325 e. The first-order chi connectivity index (χ1) is 9.71. The van der Waals surface area contributed by atoms with Crippen LogP contribution in [0, 0.1) is 0 Å². The summed E-state index contributed by atoms with van der Waals surface area (Å²) in [5.41, 5.74) is -0.683. The van der Waals surface area contributed by atoms with Gasteiger partial charge in [0.2, 0.25) is 0 Å². The zero-order chi connectivity index (χ0) is 14.0. The molecule has 9 heteroatoms. The number of amides is 3. The Balaban J connectivity index is 1.59. The van der Waals surface area contributed by atoms with Crippen molar-refractivity contribution in [2.45, 2.75) is 31.3 Å². The third-order valence-electron chi connectivity index (χ3n) is 3.86. The minimum absolute atomic E-state index is 0.0966. The molecule has 0 atom stereocenters.